The van der Waals surface area contributed by atoms with Crippen LogP contribution in [0.25, 0.3) is 23.0 Å². The van der Waals surface area contributed by atoms with E-state index in [0.717, 1.165) is 32.7 Å². The third-order valence-corrected chi connectivity index (χ3v) is 5.37. The maximum atomic E-state index is 12.7. The van der Waals surface area contributed by atoms with Crippen LogP contribution in [0.15, 0.2) is 95.6 Å². The predicted molar refractivity (Wildman–Crippen MR) is 123 cm³/mol. The molecule has 0 saturated carbocycles. The normalized spacial score (nSPS) is 11.0. The number of benzene rings is 3. The van der Waals surface area contributed by atoms with Gasteiger partial charge in [0.05, 0.1) is 18.5 Å². The Kier molecular flexibility index (Phi) is 5.91. The number of carbonyl (C=O) groups is 1. The van der Waals surface area contributed by atoms with E-state index in [1.54, 1.807) is 19.3 Å². The number of ether oxygens (including phenoxy) is 1. The second-order valence-corrected chi connectivity index (χ2v) is 7.47. The van der Waals surface area contributed by atoms with Crippen LogP contribution < -0.4 is 4.74 Å². The second kappa shape index (κ2) is 8.93. The first-order valence-electron chi connectivity index (χ1n) is 9.42. The molecule has 4 rings (SSSR count). The topological polar surface area (TPSA) is 44.1 Å². The van der Waals surface area contributed by atoms with E-state index in [4.69, 9.17) is 9.84 Å². The van der Waals surface area contributed by atoms with Crippen LogP contribution in [0.5, 0.6) is 5.75 Å². The average molecular weight is 459 g/mol. The molecule has 0 aliphatic rings. The highest BCUT2D eigenvalue weighted by Crippen LogP contribution is 2.27. The van der Waals surface area contributed by atoms with Crippen molar-refractivity contribution in [1.82, 2.24) is 9.78 Å². The molecule has 0 spiro atoms. The number of aromatic nitrogens is 2. The van der Waals surface area contributed by atoms with Gasteiger partial charge in [0.25, 0.3) is 0 Å². The lowest BCUT2D eigenvalue weighted by atomic mass is 10.1. The molecule has 0 bridgehead atoms. The summed E-state index contributed by atoms with van der Waals surface area (Å²) in [5, 5.41) is 4.78. The third-order valence-electron chi connectivity index (χ3n) is 4.68. The molecule has 4 nitrogen and oxygen atoms in total. The smallest absolute Gasteiger partial charge is 0.186 e. The van der Waals surface area contributed by atoms with Gasteiger partial charge in [-0.05, 0) is 60.7 Å². The van der Waals surface area contributed by atoms with Gasteiger partial charge in [-0.25, -0.2) is 4.68 Å². The molecule has 1 aromatic heterocycles. The fourth-order valence-electron chi connectivity index (χ4n) is 3.11. The summed E-state index contributed by atoms with van der Waals surface area (Å²) in [5.74, 6) is 0.707. The number of rotatable bonds is 6. The van der Waals surface area contributed by atoms with Crippen molar-refractivity contribution < 1.29 is 9.53 Å². The minimum atomic E-state index is -0.0735. The SMILES string of the molecule is COc1ccc(-c2nn(-c3ccccc3)cc2C=CC(=O)c2ccccc2Br)cc1. The van der Waals surface area contributed by atoms with Gasteiger partial charge in [-0.2, -0.15) is 5.10 Å². The van der Waals surface area contributed by atoms with Gasteiger partial charge in [0.15, 0.2) is 5.78 Å². The second-order valence-electron chi connectivity index (χ2n) is 6.62. The van der Waals surface area contributed by atoms with Crippen molar-refractivity contribution in [1.29, 1.82) is 0 Å². The van der Waals surface area contributed by atoms with Crippen LogP contribution in [0, 0.1) is 0 Å². The first kappa shape index (κ1) is 19.9. The highest BCUT2D eigenvalue weighted by atomic mass is 79.9. The van der Waals surface area contributed by atoms with E-state index in [1.165, 1.54) is 0 Å². The molecule has 0 fully saturated rings. The van der Waals surface area contributed by atoms with E-state index >= 15 is 0 Å². The monoisotopic (exact) mass is 458 g/mol. The number of carbonyl (C=O) groups excluding carboxylic acids is 1. The number of ketones is 1. The first-order valence-corrected chi connectivity index (χ1v) is 10.2. The molecule has 0 N–H and O–H groups in total. The van der Waals surface area contributed by atoms with E-state index in [0.29, 0.717) is 5.56 Å². The van der Waals surface area contributed by atoms with Crippen molar-refractivity contribution in [3.05, 3.63) is 107 Å². The highest BCUT2D eigenvalue weighted by molar-refractivity contribution is 9.10. The Hall–Kier alpha value is -3.44. The van der Waals surface area contributed by atoms with Crippen molar-refractivity contribution in [2.45, 2.75) is 0 Å². The van der Waals surface area contributed by atoms with E-state index in [2.05, 4.69) is 15.9 Å². The fourth-order valence-corrected chi connectivity index (χ4v) is 3.59. The standard InChI is InChI=1S/C25H19BrN2O2/c1-30-21-14-11-18(12-15-21)25-19(17-28(27-25)20-7-3-2-4-8-20)13-16-24(29)22-9-5-6-10-23(22)26/h2-17H,1H3. The quantitative estimate of drug-likeness (QED) is 0.255. The van der Waals surface area contributed by atoms with E-state index in [1.807, 2.05) is 89.8 Å². The molecule has 0 unspecified atom stereocenters. The number of methoxy groups -OCH3 is 1. The Morgan fingerprint density at radius 2 is 1.67 bits per heavy atom. The zero-order valence-electron chi connectivity index (χ0n) is 16.3. The van der Waals surface area contributed by atoms with Gasteiger partial charge in [-0.15, -0.1) is 0 Å². The lowest BCUT2D eigenvalue weighted by Crippen LogP contribution is -1.95. The molecular weight excluding hydrogens is 440 g/mol. The summed E-state index contributed by atoms with van der Waals surface area (Å²) < 4.78 is 7.86. The molecule has 0 aliphatic heterocycles. The molecule has 5 heteroatoms. The van der Waals surface area contributed by atoms with Gasteiger partial charge < -0.3 is 4.74 Å². The maximum Gasteiger partial charge on any atom is 0.186 e. The van der Waals surface area contributed by atoms with Crippen LogP contribution in [0.4, 0.5) is 0 Å². The Morgan fingerprint density at radius 3 is 2.37 bits per heavy atom. The number of nitrogens with zero attached hydrogens (tertiary/aromatic N) is 2. The van der Waals surface area contributed by atoms with Crippen LogP contribution in [0.3, 0.4) is 0 Å². The van der Waals surface area contributed by atoms with Crippen LogP contribution >= 0.6 is 15.9 Å². The van der Waals surface area contributed by atoms with Gasteiger partial charge in [0.2, 0.25) is 0 Å². The number of halogens is 1. The summed E-state index contributed by atoms with van der Waals surface area (Å²) in [6.45, 7) is 0. The molecule has 0 aliphatic carbocycles. The van der Waals surface area contributed by atoms with E-state index in [-0.39, 0.29) is 5.78 Å². The van der Waals surface area contributed by atoms with Gasteiger partial charge in [0.1, 0.15) is 5.75 Å². The summed E-state index contributed by atoms with van der Waals surface area (Å²) in [7, 11) is 1.64. The summed E-state index contributed by atoms with van der Waals surface area (Å²) in [6, 6.07) is 25.0. The summed E-state index contributed by atoms with van der Waals surface area (Å²) in [5.41, 5.74) is 4.15. The van der Waals surface area contributed by atoms with Crippen molar-refractivity contribution in [3.63, 3.8) is 0 Å². The third kappa shape index (κ3) is 4.26. The number of hydrogen-bond acceptors (Lipinski definition) is 3. The lowest BCUT2D eigenvalue weighted by molar-refractivity contribution is 0.104. The Balaban J connectivity index is 1.74. The van der Waals surface area contributed by atoms with Crippen molar-refractivity contribution in [3.8, 4) is 22.7 Å². The average Bonchev–Trinajstić information content (AvgIpc) is 3.23. The van der Waals surface area contributed by atoms with Gasteiger partial charge in [-0.3, -0.25) is 4.79 Å². The summed E-state index contributed by atoms with van der Waals surface area (Å²) >= 11 is 3.44. The molecule has 30 heavy (non-hydrogen) atoms. The minimum Gasteiger partial charge on any atom is -0.497 e. The van der Waals surface area contributed by atoms with Crippen molar-refractivity contribution >= 4 is 27.8 Å². The molecule has 0 amide bonds. The van der Waals surface area contributed by atoms with Crippen LogP contribution in [-0.4, -0.2) is 22.7 Å². The summed E-state index contributed by atoms with van der Waals surface area (Å²) in [6.07, 6.45) is 5.33. The molecule has 1 heterocycles. The van der Waals surface area contributed by atoms with Crippen molar-refractivity contribution in [2.24, 2.45) is 0 Å². The maximum absolute atomic E-state index is 12.7. The zero-order valence-corrected chi connectivity index (χ0v) is 17.9. The van der Waals surface area contributed by atoms with Crippen LogP contribution in [0.1, 0.15) is 15.9 Å². The lowest BCUT2D eigenvalue weighted by Gasteiger charge is -2.03. The Labute approximate surface area is 183 Å². The van der Waals surface area contributed by atoms with Gasteiger partial charge in [0, 0.05) is 27.4 Å². The largest absolute Gasteiger partial charge is 0.497 e. The summed E-state index contributed by atoms with van der Waals surface area (Å²) in [4.78, 5) is 12.7. The van der Waals surface area contributed by atoms with Gasteiger partial charge >= 0.3 is 0 Å². The van der Waals surface area contributed by atoms with E-state index < -0.39 is 0 Å². The zero-order chi connectivity index (χ0) is 20.9. The number of allylic oxidation sites excluding steroid dienone is 1. The number of hydrogen-bond donors (Lipinski definition) is 0. The predicted octanol–water partition coefficient (Wildman–Crippen LogP) is 6.21. The first-order chi connectivity index (χ1) is 14.7. The molecule has 148 valence electrons. The molecular formula is C25H19BrN2O2. The minimum absolute atomic E-state index is 0.0735. The van der Waals surface area contributed by atoms with Crippen molar-refractivity contribution in [2.75, 3.05) is 7.11 Å². The highest BCUT2D eigenvalue weighted by Gasteiger charge is 2.12. The number of para-hydroxylation sites is 1. The molecule has 4 aromatic rings. The van der Waals surface area contributed by atoms with Gasteiger partial charge in [-0.1, -0.05) is 46.3 Å². The van der Waals surface area contributed by atoms with Crippen LogP contribution in [-0.2, 0) is 0 Å². The fraction of sp³-hybridized carbons (Fsp3) is 0.0400. The Bertz CT molecular complexity index is 1200. The van der Waals surface area contributed by atoms with Crippen LogP contribution in [0.2, 0.25) is 0 Å². The molecule has 3 aromatic carbocycles. The molecule has 0 atom stereocenters. The molecule has 0 radical (unpaired) electrons. The Morgan fingerprint density at radius 1 is 0.967 bits per heavy atom. The van der Waals surface area contributed by atoms with E-state index in [9.17, 15) is 4.79 Å². The molecule has 0 saturated heterocycles.